The molecule has 1 aromatic heterocycles. The molecule has 2 unspecified atom stereocenters. The van der Waals surface area contributed by atoms with Crippen molar-refractivity contribution < 1.29 is 37.3 Å². The number of carboxylic acid groups (broad SMARTS) is 1. The van der Waals surface area contributed by atoms with Crippen molar-refractivity contribution in [2.24, 2.45) is 5.92 Å². The van der Waals surface area contributed by atoms with Gasteiger partial charge < -0.3 is 19.5 Å². The standard InChI is InChI=1S/C18H24N2O3.C2HF3O2/c1-13-3-2-4-16(19-13)17(21)20-8-7-18(12-20)9-15(11-23-18)22-10-14-5-6-14;3-2(4,5)1(6)7/h2-4,14-15H,5-12H2,1H3;(H,6,7). The van der Waals surface area contributed by atoms with E-state index in [0.29, 0.717) is 18.8 Å². The number of carboxylic acids is 1. The summed E-state index contributed by atoms with van der Waals surface area (Å²) in [5.74, 6) is -1.97. The number of hydrogen-bond acceptors (Lipinski definition) is 5. The van der Waals surface area contributed by atoms with Crippen LogP contribution in [0.15, 0.2) is 18.2 Å². The molecule has 0 radical (unpaired) electrons. The van der Waals surface area contributed by atoms with Gasteiger partial charge in [0.15, 0.2) is 0 Å². The number of aliphatic carboxylic acids is 1. The maximum Gasteiger partial charge on any atom is 0.490 e. The topological polar surface area (TPSA) is 89.0 Å². The number of amides is 1. The minimum absolute atomic E-state index is 0.0107. The van der Waals surface area contributed by atoms with Gasteiger partial charge in [0.1, 0.15) is 5.69 Å². The Bertz CT molecular complexity index is 784. The molecule has 10 heteroatoms. The van der Waals surface area contributed by atoms with Gasteiger partial charge in [-0.2, -0.15) is 13.2 Å². The summed E-state index contributed by atoms with van der Waals surface area (Å²) in [6.07, 6.45) is -0.462. The summed E-state index contributed by atoms with van der Waals surface area (Å²) in [5, 5.41) is 7.12. The van der Waals surface area contributed by atoms with E-state index in [2.05, 4.69) is 4.98 Å². The Morgan fingerprint density at radius 3 is 2.67 bits per heavy atom. The van der Waals surface area contributed by atoms with E-state index in [0.717, 1.165) is 37.6 Å². The predicted octanol–water partition coefficient (Wildman–Crippen LogP) is 2.82. The minimum Gasteiger partial charge on any atom is -0.475 e. The zero-order valence-corrected chi connectivity index (χ0v) is 16.7. The van der Waals surface area contributed by atoms with Crippen molar-refractivity contribution in [3.8, 4) is 0 Å². The monoisotopic (exact) mass is 430 g/mol. The number of aromatic nitrogens is 1. The molecular formula is C20H25F3N2O5. The number of rotatable bonds is 4. The molecule has 1 saturated carbocycles. The van der Waals surface area contributed by atoms with Gasteiger partial charge >= 0.3 is 12.1 Å². The summed E-state index contributed by atoms with van der Waals surface area (Å²) in [4.78, 5) is 27.7. The largest absolute Gasteiger partial charge is 0.490 e. The summed E-state index contributed by atoms with van der Waals surface area (Å²) in [5.41, 5.74) is 1.20. The number of nitrogens with zero attached hydrogens (tertiary/aromatic N) is 2. The Morgan fingerprint density at radius 2 is 2.07 bits per heavy atom. The van der Waals surface area contributed by atoms with E-state index in [9.17, 15) is 18.0 Å². The molecule has 1 amide bonds. The molecule has 166 valence electrons. The van der Waals surface area contributed by atoms with E-state index in [1.54, 1.807) is 6.07 Å². The van der Waals surface area contributed by atoms with Gasteiger partial charge in [0, 0.05) is 25.3 Å². The van der Waals surface area contributed by atoms with Crippen LogP contribution in [0.3, 0.4) is 0 Å². The minimum atomic E-state index is -5.08. The molecule has 0 bridgehead atoms. The summed E-state index contributed by atoms with van der Waals surface area (Å²) < 4.78 is 43.8. The van der Waals surface area contributed by atoms with E-state index < -0.39 is 12.1 Å². The Morgan fingerprint density at radius 1 is 1.37 bits per heavy atom. The average Bonchev–Trinajstić information content (AvgIpc) is 3.30. The quantitative estimate of drug-likeness (QED) is 0.790. The second-order valence-corrected chi connectivity index (χ2v) is 8.04. The van der Waals surface area contributed by atoms with Gasteiger partial charge in [-0.3, -0.25) is 4.79 Å². The lowest BCUT2D eigenvalue weighted by Crippen LogP contribution is -2.36. The van der Waals surface area contributed by atoms with Crippen molar-refractivity contribution in [1.82, 2.24) is 9.88 Å². The molecule has 1 aromatic rings. The number of alkyl halides is 3. The third-order valence-electron chi connectivity index (χ3n) is 5.39. The maximum absolute atomic E-state index is 12.6. The molecule has 1 spiro atoms. The molecule has 7 nitrogen and oxygen atoms in total. The van der Waals surface area contributed by atoms with Crippen molar-refractivity contribution in [3.05, 3.63) is 29.6 Å². The smallest absolute Gasteiger partial charge is 0.475 e. The van der Waals surface area contributed by atoms with Crippen LogP contribution in [0.2, 0.25) is 0 Å². The highest BCUT2D eigenvalue weighted by molar-refractivity contribution is 5.92. The highest BCUT2D eigenvalue weighted by atomic mass is 19.4. The van der Waals surface area contributed by atoms with Crippen LogP contribution < -0.4 is 0 Å². The number of pyridine rings is 1. The molecular weight excluding hydrogens is 405 g/mol. The number of aryl methyl sites for hydroxylation is 1. The van der Waals surface area contributed by atoms with E-state index in [1.807, 2.05) is 24.0 Å². The first kappa shape index (κ1) is 22.5. The van der Waals surface area contributed by atoms with Crippen LogP contribution >= 0.6 is 0 Å². The highest BCUT2D eigenvalue weighted by Crippen LogP contribution is 2.38. The predicted molar refractivity (Wildman–Crippen MR) is 98.9 cm³/mol. The SMILES string of the molecule is Cc1cccc(C(=O)N2CCC3(CC(OCC4CC4)CO3)C2)n1.O=C(O)C(F)(F)F. The van der Waals surface area contributed by atoms with Gasteiger partial charge in [-0.05, 0) is 44.2 Å². The first-order chi connectivity index (χ1) is 14.1. The van der Waals surface area contributed by atoms with E-state index in [1.165, 1.54) is 12.8 Å². The maximum atomic E-state index is 12.6. The number of carbonyl (C=O) groups excluding carboxylic acids is 1. The number of hydrogen-bond donors (Lipinski definition) is 1. The van der Waals surface area contributed by atoms with E-state index in [-0.39, 0.29) is 17.6 Å². The molecule has 1 aliphatic carbocycles. The number of ether oxygens (including phenoxy) is 2. The first-order valence-corrected chi connectivity index (χ1v) is 9.87. The summed E-state index contributed by atoms with van der Waals surface area (Å²) in [6, 6.07) is 5.58. The Hall–Kier alpha value is -2.20. The number of likely N-dealkylation sites (tertiary alicyclic amines) is 1. The van der Waals surface area contributed by atoms with Gasteiger partial charge in [0.25, 0.3) is 5.91 Å². The van der Waals surface area contributed by atoms with Crippen LogP contribution in [0, 0.1) is 12.8 Å². The molecule has 30 heavy (non-hydrogen) atoms. The van der Waals surface area contributed by atoms with Gasteiger partial charge in [0.2, 0.25) is 0 Å². The van der Waals surface area contributed by atoms with E-state index in [4.69, 9.17) is 19.4 Å². The van der Waals surface area contributed by atoms with Gasteiger partial charge in [-0.25, -0.2) is 9.78 Å². The van der Waals surface area contributed by atoms with Crippen molar-refractivity contribution >= 4 is 11.9 Å². The lowest BCUT2D eigenvalue weighted by molar-refractivity contribution is -0.192. The molecule has 3 aliphatic rings. The van der Waals surface area contributed by atoms with Crippen molar-refractivity contribution in [2.75, 3.05) is 26.3 Å². The van der Waals surface area contributed by atoms with Crippen LogP contribution in [0.5, 0.6) is 0 Å². The average molecular weight is 430 g/mol. The molecule has 3 heterocycles. The van der Waals surface area contributed by atoms with Crippen LogP contribution in [0.4, 0.5) is 13.2 Å². The number of halogens is 3. The Balaban J connectivity index is 0.000000318. The second-order valence-electron chi connectivity index (χ2n) is 8.04. The summed E-state index contributed by atoms with van der Waals surface area (Å²) in [7, 11) is 0. The van der Waals surface area contributed by atoms with Gasteiger partial charge in [0.05, 0.1) is 24.9 Å². The fraction of sp³-hybridized carbons (Fsp3) is 0.650. The third-order valence-corrected chi connectivity index (χ3v) is 5.39. The zero-order chi connectivity index (χ0) is 21.9. The number of carbonyl (C=O) groups is 2. The molecule has 1 N–H and O–H groups in total. The van der Waals surface area contributed by atoms with Crippen LogP contribution in [-0.4, -0.2) is 71.1 Å². The normalized spacial score (nSPS) is 25.9. The fourth-order valence-electron chi connectivity index (χ4n) is 3.59. The van der Waals surface area contributed by atoms with Crippen molar-refractivity contribution in [2.45, 2.75) is 50.5 Å². The molecule has 2 aliphatic heterocycles. The van der Waals surface area contributed by atoms with Crippen LogP contribution in [-0.2, 0) is 14.3 Å². The van der Waals surface area contributed by atoms with Crippen molar-refractivity contribution in [3.63, 3.8) is 0 Å². The van der Waals surface area contributed by atoms with Gasteiger partial charge in [-0.15, -0.1) is 0 Å². The van der Waals surface area contributed by atoms with E-state index >= 15 is 0 Å². The summed E-state index contributed by atoms with van der Waals surface area (Å²) >= 11 is 0. The highest BCUT2D eigenvalue weighted by Gasteiger charge is 2.47. The Labute approximate surface area is 172 Å². The first-order valence-electron chi connectivity index (χ1n) is 9.87. The lowest BCUT2D eigenvalue weighted by Gasteiger charge is -2.23. The molecule has 4 rings (SSSR count). The lowest BCUT2D eigenvalue weighted by atomic mass is 9.98. The second kappa shape index (κ2) is 8.89. The molecule has 0 aromatic carbocycles. The zero-order valence-electron chi connectivity index (χ0n) is 16.7. The third kappa shape index (κ3) is 5.91. The fourth-order valence-corrected chi connectivity index (χ4v) is 3.59. The van der Waals surface area contributed by atoms with Gasteiger partial charge in [-0.1, -0.05) is 6.07 Å². The van der Waals surface area contributed by atoms with Crippen LogP contribution in [0.25, 0.3) is 0 Å². The molecule has 2 atom stereocenters. The van der Waals surface area contributed by atoms with Crippen LogP contribution in [0.1, 0.15) is 41.9 Å². The molecule has 3 fully saturated rings. The Kier molecular flexibility index (Phi) is 6.66. The molecule has 2 saturated heterocycles. The summed E-state index contributed by atoms with van der Waals surface area (Å²) in [6.45, 7) is 4.84. The van der Waals surface area contributed by atoms with Crippen molar-refractivity contribution in [1.29, 1.82) is 0 Å².